The molecule has 3 heterocycles. The van der Waals surface area contributed by atoms with E-state index in [1.54, 1.807) is 0 Å². The van der Waals surface area contributed by atoms with Crippen molar-refractivity contribution >= 4 is 28.3 Å². The maximum atomic E-state index is 13.6. The molecule has 0 spiro atoms. The molecule has 1 aromatic carbocycles. The zero-order chi connectivity index (χ0) is 23.6. The van der Waals surface area contributed by atoms with Gasteiger partial charge in [-0.15, -0.1) is 16.4 Å². The monoisotopic (exact) mass is 485 g/mol. The minimum atomic E-state index is -5.02. The molecule has 2 N–H and O–H groups in total. The van der Waals surface area contributed by atoms with Crippen molar-refractivity contribution in [2.24, 2.45) is 0 Å². The normalized spacial score (nSPS) is 14.2. The predicted molar refractivity (Wildman–Crippen MR) is 106 cm³/mol. The summed E-state index contributed by atoms with van der Waals surface area (Å²) in [5.41, 5.74) is 1.18. The van der Waals surface area contributed by atoms with Crippen molar-refractivity contribution in [3.63, 3.8) is 0 Å². The molecule has 174 valence electrons. The second-order valence-electron chi connectivity index (χ2n) is 6.70. The van der Waals surface area contributed by atoms with Gasteiger partial charge in [0.25, 0.3) is 11.8 Å². The lowest BCUT2D eigenvalue weighted by Crippen LogP contribution is -2.42. The van der Waals surface area contributed by atoms with Crippen molar-refractivity contribution in [3.05, 3.63) is 52.5 Å². The summed E-state index contributed by atoms with van der Waals surface area (Å²) < 4.78 is 59.7. The van der Waals surface area contributed by atoms with Crippen LogP contribution in [0, 0.1) is 5.82 Å². The summed E-state index contributed by atoms with van der Waals surface area (Å²) in [5.74, 6) is -2.82. The molecular formula is C18H15F4N7O3S. The number of morpholine rings is 1. The number of carbonyl (C=O) groups excluding carboxylic acids is 2. The van der Waals surface area contributed by atoms with E-state index in [1.807, 2.05) is 15.8 Å². The number of hydrogen-bond acceptors (Lipinski definition) is 8. The van der Waals surface area contributed by atoms with Crippen LogP contribution in [0.1, 0.15) is 26.7 Å². The van der Waals surface area contributed by atoms with Gasteiger partial charge in [-0.3, -0.25) is 20.4 Å². The first-order valence-electron chi connectivity index (χ1n) is 9.42. The Kier molecular flexibility index (Phi) is 6.24. The van der Waals surface area contributed by atoms with E-state index in [4.69, 9.17) is 4.74 Å². The van der Waals surface area contributed by atoms with Gasteiger partial charge in [-0.1, -0.05) is 5.21 Å². The third-order valence-electron chi connectivity index (χ3n) is 4.52. The number of rotatable bonds is 4. The third kappa shape index (κ3) is 4.93. The number of carbonyl (C=O) groups is 2. The van der Waals surface area contributed by atoms with Crippen LogP contribution in [0.4, 0.5) is 22.7 Å². The standard InChI is InChI=1S/C18H15F4N7O3S/c19-10-1-3-11(4-2-10)29-14(18(20,21)22)13(24-27-29)16(31)26-25-15(30)12-9-33-17(23-12)28-5-7-32-8-6-28/h1-4,9H,5-8H2,(H,25,30)(H,26,31). The van der Waals surface area contributed by atoms with Crippen LogP contribution in [0.15, 0.2) is 29.6 Å². The van der Waals surface area contributed by atoms with Gasteiger partial charge in [-0.25, -0.2) is 14.1 Å². The zero-order valence-electron chi connectivity index (χ0n) is 16.6. The van der Waals surface area contributed by atoms with E-state index in [9.17, 15) is 27.2 Å². The number of thiazole rings is 1. The van der Waals surface area contributed by atoms with Crippen LogP contribution in [0.5, 0.6) is 0 Å². The zero-order valence-corrected chi connectivity index (χ0v) is 17.4. The molecule has 0 atom stereocenters. The maximum absolute atomic E-state index is 13.6. The highest BCUT2D eigenvalue weighted by Gasteiger charge is 2.42. The SMILES string of the molecule is O=C(NNC(=O)c1nnn(-c2ccc(F)cc2)c1C(F)(F)F)c1csc(N2CCOCC2)n1. The number of halogens is 4. The van der Waals surface area contributed by atoms with Crippen molar-refractivity contribution in [1.82, 2.24) is 30.8 Å². The van der Waals surface area contributed by atoms with E-state index in [0.29, 0.717) is 36.1 Å². The molecule has 1 aliphatic heterocycles. The van der Waals surface area contributed by atoms with E-state index in [-0.39, 0.29) is 11.4 Å². The van der Waals surface area contributed by atoms with E-state index in [2.05, 4.69) is 15.3 Å². The van der Waals surface area contributed by atoms with Crippen molar-refractivity contribution in [1.29, 1.82) is 0 Å². The third-order valence-corrected chi connectivity index (χ3v) is 5.42. The molecule has 1 aliphatic rings. The average Bonchev–Trinajstić information content (AvgIpc) is 3.46. The molecular weight excluding hydrogens is 470 g/mol. The van der Waals surface area contributed by atoms with Crippen LogP contribution < -0.4 is 15.8 Å². The lowest BCUT2D eigenvalue weighted by Gasteiger charge is -2.25. The fourth-order valence-electron chi connectivity index (χ4n) is 2.96. The van der Waals surface area contributed by atoms with Gasteiger partial charge >= 0.3 is 6.18 Å². The van der Waals surface area contributed by atoms with E-state index in [0.717, 1.165) is 24.3 Å². The van der Waals surface area contributed by atoms with Crippen LogP contribution in [-0.4, -0.2) is 58.1 Å². The predicted octanol–water partition coefficient (Wildman–Crippen LogP) is 1.79. The van der Waals surface area contributed by atoms with Gasteiger partial charge in [-0.2, -0.15) is 13.2 Å². The summed E-state index contributed by atoms with van der Waals surface area (Å²) in [4.78, 5) is 30.7. The number of alkyl halides is 3. The minimum absolute atomic E-state index is 0.0206. The van der Waals surface area contributed by atoms with E-state index in [1.165, 1.54) is 16.7 Å². The fraction of sp³-hybridized carbons (Fsp3) is 0.278. The topological polar surface area (TPSA) is 114 Å². The second-order valence-corrected chi connectivity index (χ2v) is 7.53. The van der Waals surface area contributed by atoms with Crippen molar-refractivity contribution in [3.8, 4) is 5.69 Å². The number of amides is 2. The van der Waals surface area contributed by atoms with Crippen LogP contribution in [0.2, 0.25) is 0 Å². The molecule has 4 rings (SSSR count). The summed E-state index contributed by atoms with van der Waals surface area (Å²) in [6.45, 7) is 2.26. The smallest absolute Gasteiger partial charge is 0.378 e. The van der Waals surface area contributed by atoms with E-state index < -0.39 is 35.2 Å². The summed E-state index contributed by atoms with van der Waals surface area (Å²) in [6, 6.07) is 3.99. The Balaban J connectivity index is 1.48. The molecule has 1 fully saturated rings. The minimum Gasteiger partial charge on any atom is -0.378 e. The van der Waals surface area contributed by atoms with Crippen LogP contribution in [0.3, 0.4) is 0 Å². The number of ether oxygens (including phenoxy) is 1. The molecule has 3 aromatic rings. The molecule has 0 saturated carbocycles. The summed E-state index contributed by atoms with van der Waals surface area (Å²) in [6.07, 6.45) is -5.02. The van der Waals surface area contributed by atoms with Gasteiger partial charge in [0.1, 0.15) is 11.5 Å². The fourth-order valence-corrected chi connectivity index (χ4v) is 3.82. The molecule has 2 aromatic heterocycles. The Morgan fingerprint density at radius 2 is 1.73 bits per heavy atom. The number of anilines is 1. The van der Waals surface area contributed by atoms with Crippen molar-refractivity contribution in [2.75, 3.05) is 31.2 Å². The summed E-state index contributed by atoms with van der Waals surface area (Å²) >= 11 is 1.21. The van der Waals surface area contributed by atoms with Crippen molar-refractivity contribution in [2.45, 2.75) is 6.18 Å². The van der Waals surface area contributed by atoms with Crippen LogP contribution in [-0.2, 0) is 10.9 Å². The van der Waals surface area contributed by atoms with Gasteiger partial charge < -0.3 is 9.64 Å². The van der Waals surface area contributed by atoms with Crippen LogP contribution >= 0.6 is 11.3 Å². The molecule has 1 saturated heterocycles. The lowest BCUT2D eigenvalue weighted by molar-refractivity contribution is -0.143. The highest BCUT2D eigenvalue weighted by Crippen LogP contribution is 2.32. The first kappa shape index (κ1) is 22.6. The molecule has 0 radical (unpaired) electrons. The average molecular weight is 485 g/mol. The number of hydrogen-bond donors (Lipinski definition) is 2. The molecule has 10 nitrogen and oxygen atoms in total. The first-order valence-corrected chi connectivity index (χ1v) is 10.3. The van der Waals surface area contributed by atoms with Crippen molar-refractivity contribution < 1.29 is 31.9 Å². The maximum Gasteiger partial charge on any atom is 0.435 e. The highest BCUT2D eigenvalue weighted by atomic mass is 32.1. The summed E-state index contributed by atoms with van der Waals surface area (Å²) in [7, 11) is 0. The summed E-state index contributed by atoms with van der Waals surface area (Å²) in [5, 5.41) is 8.71. The number of nitrogens with zero attached hydrogens (tertiary/aromatic N) is 5. The Labute approximate surface area is 187 Å². The lowest BCUT2D eigenvalue weighted by atomic mass is 10.2. The van der Waals surface area contributed by atoms with E-state index >= 15 is 0 Å². The second kappa shape index (κ2) is 9.11. The van der Waals surface area contributed by atoms with Crippen LogP contribution in [0.25, 0.3) is 5.69 Å². The quantitative estimate of drug-likeness (QED) is 0.428. The van der Waals surface area contributed by atoms with Gasteiger partial charge in [0, 0.05) is 18.5 Å². The largest absolute Gasteiger partial charge is 0.435 e. The van der Waals surface area contributed by atoms with Gasteiger partial charge in [-0.05, 0) is 24.3 Å². The van der Waals surface area contributed by atoms with Gasteiger partial charge in [0.2, 0.25) is 0 Å². The highest BCUT2D eigenvalue weighted by molar-refractivity contribution is 7.13. The molecule has 0 bridgehead atoms. The molecule has 15 heteroatoms. The number of benzene rings is 1. The molecule has 0 aliphatic carbocycles. The Morgan fingerprint density at radius 3 is 2.39 bits per heavy atom. The Morgan fingerprint density at radius 1 is 1.06 bits per heavy atom. The first-order chi connectivity index (χ1) is 15.7. The molecule has 33 heavy (non-hydrogen) atoms. The molecule has 0 unspecified atom stereocenters. The Hall–Kier alpha value is -3.59. The molecule has 2 amide bonds. The number of hydrazine groups is 1. The van der Waals surface area contributed by atoms with Gasteiger partial charge in [0.05, 0.1) is 18.9 Å². The number of nitrogens with one attached hydrogen (secondary N) is 2. The number of aromatic nitrogens is 4. The Bertz CT molecular complexity index is 1160. The van der Waals surface area contributed by atoms with Gasteiger partial charge in [0.15, 0.2) is 16.5 Å².